The number of benzene rings is 1. The Hall–Kier alpha value is -1.15. The van der Waals surface area contributed by atoms with Gasteiger partial charge in [-0.3, -0.25) is 0 Å². The second kappa shape index (κ2) is 8.99. The molecule has 1 aromatic rings. The van der Waals surface area contributed by atoms with Gasteiger partial charge in [0.15, 0.2) is 0 Å². The predicted molar refractivity (Wildman–Crippen MR) is 84.5 cm³/mol. The Bertz CT molecular complexity index is 520. The van der Waals surface area contributed by atoms with Crippen molar-refractivity contribution in [3.63, 3.8) is 0 Å². The molecule has 0 unspecified atom stereocenters. The highest BCUT2D eigenvalue weighted by Gasteiger charge is 2.16. The summed E-state index contributed by atoms with van der Waals surface area (Å²) in [7, 11) is -0.283. The molecule has 0 radical (unpaired) electrons. The molecular formula is C14H25N3O3S. The first-order valence-electron chi connectivity index (χ1n) is 7.04. The number of ether oxygens (including phenoxy) is 1. The molecule has 0 aromatic heterocycles. The molecular weight excluding hydrogens is 290 g/mol. The molecule has 2 N–H and O–H groups in total. The van der Waals surface area contributed by atoms with E-state index in [1.54, 1.807) is 14.2 Å². The summed E-state index contributed by atoms with van der Waals surface area (Å²) in [5, 5.41) is 3.17. The van der Waals surface area contributed by atoms with Crippen molar-refractivity contribution in [1.82, 2.24) is 14.3 Å². The molecule has 0 aliphatic carbocycles. The molecule has 0 amide bonds. The minimum absolute atomic E-state index is 0.247. The van der Waals surface area contributed by atoms with E-state index in [1.807, 2.05) is 31.2 Å². The summed E-state index contributed by atoms with van der Waals surface area (Å²) < 4.78 is 33.2. The third-order valence-electron chi connectivity index (χ3n) is 3.08. The smallest absolute Gasteiger partial charge is 0.279 e. The fourth-order valence-corrected chi connectivity index (χ4v) is 2.73. The van der Waals surface area contributed by atoms with Crippen LogP contribution in [0, 0.1) is 0 Å². The maximum Gasteiger partial charge on any atom is 0.279 e. The average molecular weight is 315 g/mol. The molecule has 1 aromatic carbocycles. The van der Waals surface area contributed by atoms with Gasteiger partial charge in [0.1, 0.15) is 5.75 Å². The molecule has 0 bridgehead atoms. The minimum Gasteiger partial charge on any atom is -0.497 e. The number of rotatable bonds is 10. The molecule has 120 valence electrons. The fraction of sp³-hybridized carbons (Fsp3) is 0.571. The van der Waals surface area contributed by atoms with E-state index in [-0.39, 0.29) is 6.54 Å². The van der Waals surface area contributed by atoms with Crippen LogP contribution in [-0.2, 0) is 16.8 Å². The molecule has 1 rings (SSSR count). The lowest BCUT2D eigenvalue weighted by atomic mass is 10.2. The van der Waals surface area contributed by atoms with Gasteiger partial charge in [0.05, 0.1) is 7.11 Å². The Balaban J connectivity index is 2.47. The van der Waals surface area contributed by atoms with Crippen molar-refractivity contribution >= 4 is 10.2 Å². The standard InChI is InChI=1S/C14H25N3O3S/c1-4-15-9-6-10-17(2)21(18,19)16-12-13-7-5-8-14(11-13)20-3/h5,7-8,11,15-16H,4,6,9-10,12H2,1-3H3. The van der Waals surface area contributed by atoms with E-state index < -0.39 is 10.2 Å². The predicted octanol–water partition coefficient (Wildman–Crippen LogP) is 0.961. The average Bonchev–Trinajstić information content (AvgIpc) is 2.49. The molecule has 0 spiro atoms. The molecule has 6 nitrogen and oxygen atoms in total. The number of nitrogens with one attached hydrogen (secondary N) is 2. The molecule has 21 heavy (non-hydrogen) atoms. The molecule has 0 aliphatic heterocycles. The lowest BCUT2D eigenvalue weighted by Crippen LogP contribution is -2.39. The summed E-state index contributed by atoms with van der Waals surface area (Å²) in [4.78, 5) is 0. The van der Waals surface area contributed by atoms with Crippen LogP contribution in [-0.4, -0.2) is 46.5 Å². The van der Waals surface area contributed by atoms with Crippen molar-refractivity contribution in [2.24, 2.45) is 0 Å². The van der Waals surface area contributed by atoms with Crippen LogP contribution in [0.3, 0.4) is 0 Å². The highest BCUT2D eigenvalue weighted by atomic mass is 32.2. The molecule has 7 heteroatoms. The summed E-state index contributed by atoms with van der Waals surface area (Å²) in [6.45, 7) is 4.46. The summed E-state index contributed by atoms with van der Waals surface area (Å²) in [6, 6.07) is 7.33. The van der Waals surface area contributed by atoms with Crippen molar-refractivity contribution in [3.8, 4) is 5.75 Å². The number of methoxy groups -OCH3 is 1. The summed E-state index contributed by atoms with van der Waals surface area (Å²) in [5.41, 5.74) is 0.860. The van der Waals surface area contributed by atoms with E-state index >= 15 is 0 Å². The quantitative estimate of drug-likeness (QED) is 0.631. The summed E-state index contributed by atoms with van der Waals surface area (Å²) in [5.74, 6) is 0.714. The topological polar surface area (TPSA) is 70.7 Å². The van der Waals surface area contributed by atoms with Crippen LogP contribution < -0.4 is 14.8 Å². The Labute approximate surface area is 127 Å². The zero-order valence-electron chi connectivity index (χ0n) is 12.9. The van der Waals surface area contributed by atoms with E-state index in [0.717, 1.165) is 25.1 Å². The Morgan fingerprint density at radius 2 is 2.10 bits per heavy atom. The largest absolute Gasteiger partial charge is 0.497 e. The van der Waals surface area contributed by atoms with Gasteiger partial charge < -0.3 is 10.1 Å². The van der Waals surface area contributed by atoms with Gasteiger partial charge in [0.2, 0.25) is 0 Å². The lowest BCUT2D eigenvalue weighted by molar-refractivity contribution is 0.414. The van der Waals surface area contributed by atoms with Gasteiger partial charge >= 0.3 is 0 Å². The van der Waals surface area contributed by atoms with Crippen LogP contribution in [0.5, 0.6) is 5.75 Å². The van der Waals surface area contributed by atoms with Gasteiger partial charge in [-0.2, -0.15) is 17.4 Å². The van der Waals surface area contributed by atoms with E-state index in [1.165, 1.54) is 4.31 Å². The summed E-state index contributed by atoms with van der Waals surface area (Å²) >= 11 is 0. The van der Waals surface area contributed by atoms with Gasteiger partial charge in [-0.25, -0.2) is 0 Å². The van der Waals surface area contributed by atoms with Crippen molar-refractivity contribution in [3.05, 3.63) is 29.8 Å². The van der Waals surface area contributed by atoms with Crippen LogP contribution in [0.25, 0.3) is 0 Å². The molecule has 0 aliphatic rings. The highest BCUT2D eigenvalue weighted by Crippen LogP contribution is 2.12. The van der Waals surface area contributed by atoms with Crippen molar-refractivity contribution in [1.29, 1.82) is 0 Å². The SMILES string of the molecule is CCNCCCN(C)S(=O)(=O)NCc1cccc(OC)c1. The second-order valence-electron chi connectivity index (χ2n) is 4.71. The minimum atomic E-state index is -3.45. The van der Waals surface area contributed by atoms with Crippen LogP contribution in [0.4, 0.5) is 0 Å². The van der Waals surface area contributed by atoms with E-state index in [0.29, 0.717) is 12.3 Å². The zero-order chi connectivity index (χ0) is 15.7. The molecule has 0 saturated heterocycles. The molecule has 0 heterocycles. The zero-order valence-corrected chi connectivity index (χ0v) is 13.7. The number of nitrogens with zero attached hydrogens (tertiary/aromatic N) is 1. The first-order chi connectivity index (χ1) is 9.99. The monoisotopic (exact) mass is 315 g/mol. The number of hydrogen-bond donors (Lipinski definition) is 2. The first-order valence-corrected chi connectivity index (χ1v) is 8.48. The van der Waals surface area contributed by atoms with Crippen molar-refractivity contribution in [2.75, 3.05) is 33.8 Å². The Morgan fingerprint density at radius 3 is 2.76 bits per heavy atom. The maximum absolute atomic E-state index is 12.1. The second-order valence-corrected chi connectivity index (χ2v) is 6.57. The van der Waals surface area contributed by atoms with Gasteiger partial charge in [-0.1, -0.05) is 19.1 Å². The third kappa shape index (κ3) is 6.43. The van der Waals surface area contributed by atoms with Crippen molar-refractivity contribution in [2.45, 2.75) is 19.9 Å². The van der Waals surface area contributed by atoms with Crippen molar-refractivity contribution < 1.29 is 13.2 Å². The van der Waals surface area contributed by atoms with E-state index in [2.05, 4.69) is 10.0 Å². The third-order valence-corrected chi connectivity index (χ3v) is 4.59. The summed E-state index contributed by atoms with van der Waals surface area (Å²) in [6.07, 6.45) is 0.782. The van der Waals surface area contributed by atoms with E-state index in [4.69, 9.17) is 4.74 Å². The van der Waals surface area contributed by atoms with Gasteiger partial charge in [0, 0.05) is 20.1 Å². The lowest BCUT2D eigenvalue weighted by Gasteiger charge is -2.17. The Kier molecular flexibility index (Phi) is 7.66. The molecule has 0 fully saturated rings. The van der Waals surface area contributed by atoms with Gasteiger partial charge in [-0.15, -0.1) is 0 Å². The van der Waals surface area contributed by atoms with Gasteiger partial charge in [0.25, 0.3) is 10.2 Å². The van der Waals surface area contributed by atoms with Gasteiger partial charge in [-0.05, 0) is 37.2 Å². The number of hydrogen-bond acceptors (Lipinski definition) is 4. The maximum atomic E-state index is 12.1. The van der Waals surface area contributed by atoms with Crippen LogP contribution >= 0.6 is 0 Å². The normalized spacial score (nSPS) is 11.8. The fourth-order valence-electron chi connectivity index (χ4n) is 1.79. The van der Waals surface area contributed by atoms with Crippen LogP contribution in [0.15, 0.2) is 24.3 Å². The van der Waals surface area contributed by atoms with Crippen LogP contribution in [0.2, 0.25) is 0 Å². The van der Waals surface area contributed by atoms with Crippen LogP contribution in [0.1, 0.15) is 18.9 Å². The van der Waals surface area contributed by atoms with E-state index in [9.17, 15) is 8.42 Å². The highest BCUT2D eigenvalue weighted by molar-refractivity contribution is 7.87. The molecule has 0 saturated carbocycles. The Morgan fingerprint density at radius 1 is 1.33 bits per heavy atom. The molecule has 0 atom stereocenters. The first kappa shape index (κ1) is 17.9.